The third-order valence-electron chi connectivity index (χ3n) is 9.85. The second-order valence-corrected chi connectivity index (χ2v) is 12.3. The van der Waals surface area contributed by atoms with Gasteiger partial charge in [-0.1, -0.05) is 85.0 Å². The van der Waals surface area contributed by atoms with Gasteiger partial charge < -0.3 is 8.98 Å². The van der Waals surface area contributed by atoms with Gasteiger partial charge in [0.15, 0.2) is 5.82 Å². The third-order valence-corrected chi connectivity index (χ3v) is 9.85. The van der Waals surface area contributed by atoms with Gasteiger partial charge >= 0.3 is 0 Å². The molecule has 2 aliphatic rings. The van der Waals surface area contributed by atoms with Crippen LogP contribution in [0.15, 0.2) is 120 Å². The number of hydrogen-bond acceptors (Lipinski definition) is 3. The maximum Gasteiger partial charge on any atom is 0.162 e. The number of aromatic nitrogens is 3. The highest BCUT2D eigenvalue weighted by Gasteiger charge is 2.28. The van der Waals surface area contributed by atoms with Gasteiger partial charge in [0, 0.05) is 39.8 Å². The summed E-state index contributed by atoms with van der Waals surface area (Å²) in [7, 11) is 0. The van der Waals surface area contributed by atoms with Crippen molar-refractivity contribution in [3.8, 4) is 28.2 Å². The highest BCUT2D eigenvalue weighted by Crippen LogP contribution is 2.49. The first-order valence-corrected chi connectivity index (χ1v) is 16.1. The molecule has 0 amide bonds. The lowest BCUT2D eigenvalue weighted by Crippen LogP contribution is -2.01. The molecule has 5 aromatic carbocycles. The van der Waals surface area contributed by atoms with Crippen molar-refractivity contribution < 1.29 is 4.42 Å². The van der Waals surface area contributed by atoms with Crippen molar-refractivity contribution >= 4 is 55.9 Å². The maximum absolute atomic E-state index is 7.11. The van der Waals surface area contributed by atoms with Crippen LogP contribution < -0.4 is 0 Å². The normalized spacial score (nSPS) is 14.0. The summed E-state index contributed by atoms with van der Waals surface area (Å²) >= 11 is 0. The average molecular weight is 592 g/mol. The van der Waals surface area contributed by atoms with E-state index in [1.165, 1.54) is 60.6 Å². The Hall–Kier alpha value is -5.74. The van der Waals surface area contributed by atoms with Gasteiger partial charge in [-0.25, -0.2) is 9.97 Å². The van der Waals surface area contributed by atoms with Crippen molar-refractivity contribution in [1.29, 1.82) is 0 Å². The van der Waals surface area contributed by atoms with E-state index in [2.05, 4.69) is 124 Å². The molecule has 4 nitrogen and oxygen atoms in total. The lowest BCUT2D eigenvalue weighted by atomic mass is 9.88. The highest BCUT2D eigenvalue weighted by molar-refractivity contribution is 6.28. The number of furan rings is 1. The minimum absolute atomic E-state index is 0.681. The molecule has 3 aromatic heterocycles. The smallest absolute Gasteiger partial charge is 0.162 e. The molecule has 2 aliphatic carbocycles. The number of nitrogens with zero attached hydrogens (tertiary/aromatic N) is 3. The summed E-state index contributed by atoms with van der Waals surface area (Å²) in [4.78, 5) is 9.21. The van der Waals surface area contributed by atoms with Crippen LogP contribution in [-0.2, 0) is 12.8 Å². The molecule has 46 heavy (non-hydrogen) atoms. The van der Waals surface area contributed by atoms with Gasteiger partial charge in [0.2, 0.25) is 0 Å². The van der Waals surface area contributed by atoms with Gasteiger partial charge in [-0.3, -0.25) is 0 Å². The van der Waals surface area contributed by atoms with Crippen LogP contribution in [0.5, 0.6) is 0 Å². The summed E-state index contributed by atoms with van der Waals surface area (Å²) in [5.74, 6) is 0.681. The minimum Gasteiger partial charge on any atom is -0.455 e. The second-order valence-electron chi connectivity index (χ2n) is 12.3. The van der Waals surface area contributed by atoms with Crippen LogP contribution >= 0.6 is 0 Å². The van der Waals surface area contributed by atoms with Crippen LogP contribution in [0.4, 0.5) is 0 Å². The summed E-state index contributed by atoms with van der Waals surface area (Å²) < 4.78 is 9.59. The van der Waals surface area contributed by atoms with E-state index in [0.717, 1.165) is 53.5 Å². The predicted molar refractivity (Wildman–Crippen MR) is 189 cm³/mol. The Kier molecular flexibility index (Phi) is 5.49. The molecule has 8 aromatic rings. The van der Waals surface area contributed by atoms with Crippen LogP contribution in [-0.4, -0.2) is 14.5 Å². The number of hydrogen-bond donors (Lipinski definition) is 0. The topological polar surface area (TPSA) is 43.9 Å². The molecule has 0 unspecified atom stereocenters. The summed E-state index contributed by atoms with van der Waals surface area (Å²) in [6.45, 7) is 0. The Balaban J connectivity index is 1.37. The first-order chi connectivity index (χ1) is 22.8. The molecule has 0 aliphatic heterocycles. The molecular weight excluding hydrogens is 562 g/mol. The number of para-hydroxylation sites is 1. The summed E-state index contributed by atoms with van der Waals surface area (Å²) in [6.07, 6.45) is 16.9. The summed E-state index contributed by atoms with van der Waals surface area (Å²) in [6, 6.07) is 32.5. The van der Waals surface area contributed by atoms with E-state index in [9.17, 15) is 0 Å². The predicted octanol–water partition coefficient (Wildman–Crippen LogP) is 10.7. The average Bonchev–Trinajstić information content (AvgIpc) is 3.70. The SMILES string of the molecule is C1=Cc2c(c3c4cccc(-c5ncccn5)c4oc3c3c4c5c(ccc4n(-c4ccc(-c6ccccc6)cc4)c23)C=CCC5)CC1. The van der Waals surface area contributed by atoms with Gasteiger partial charge in [-0.2, -0.15) is 0 Å². The Labute approximate surface area is 266 Å². The molecule has 0 N–H and O–H groups in total. The summed E-state index contributed by atoms with van der Waals surface area (Å²) in [5.41, 5.74) is 14.1. The fraction of sp³-hybridized carbons (Fsp3) is 0.0952. The number of aryl methyl sites for hydroxylation is 2. The zero-order valence-electron chi connectivity index (χ0n) is 25.2. The number of benzene rings is 5. The monoisotopic (exact) mass is 591 g/mol. The fourth-order valence-corrected chi connectivity index (χ4v) is 7.86. The fourth-order valence-electron chi connectivity index (χ4n) is 7.86. The van der Waals surface area contributed by atoms with Crippen LogP contribution in [0.3, 0.4) is 0 Å². The first kappa shape index (κ1) is 25.6. The van der Waals surface area contributed by atoms with Crippen molar-refractivity contribution in [1.82, 2.24) is 14.5 Å². The molecule has 0 saturated carbocycles. The van der Waals surface area contributed by atoms with Gasteiger partial charge in [-0.15, -0.1) is 0 Å². The Morgan fingerprint density at radius 3 is 2.24 bits per heavy atom. The maximum atomic E-state index is 7.11. The van der Waals surface area contributed by atoms with E-state index in [0.29, 0.717) is 5.82 Å². The van der Waals surface area contributed by atoms with Crippen molar-refractivity contribution in [3.63, 3.8) is 0 Å². The van der Waals surface area contributed by atoms with Gasteiger partial charge in [0.1, 0.15) is 11.2 Å². The first-order valence-electron chi connectivity index (χ1n) is 16.1. The van der Waals surface area contributed by atoms with Crippen molar-refractivity contribution in [2.45, 2.75) is 25.7 Å². The molecule has 0 atom stereocenters. The Bertz CT molecular complexity index is 2550. The zero-order valence-corrected chi connectivity index (χ0v) is 25.2. The number of fused-ring (bicyclic) bond motifs is 12. The Morgan fingerprint density at radius 1 is 0.609 bits per heavy atom. The number of rotatable bonds is 3. The van der Waals surface area contributed by atoms with Crippen LogP contribution in [0, 0.1) is 0 Å². The van der Waals surface area contributed by atoms with Gasteiger partial charge in [-0.05, 0) is 83.8 Å². The third kappa shape index (κ3) is 3.61. The molecular formula is C42H29N3O. The molecule has 0 fully saturated rings. The zero-order chi connectivity index (χ0) is 30.2. The molecule has 3 heterocycles. The van der Waals surface area contributed by atoms with E-state index in [4.69, 9.17) is 4.42 Å². The molecule has 0 saturated heterocycles. The summed E-state index contributed by atoms with van der Waals surface area (Å²) in [5, 5.41) is 4.85. The minimum atomic E-state index is 0.681. The second kappa shape index (κ2) is 9.88. The Morgan fingerprint density at radius 2 is 1.39 bits per heavy atom. The van der Waals surface area contributed by atoms with Crippen LogP contribution in [0.1, 0.15) is 35.1 Å². The molecule has 0 radical (unpaired) electrons. The van der Waals surface area contributed by atoms with E-state index in [-0.39, 0.29) is 0 Å². The molecule has 10 rings (SSSR count). The van der Waals surface area contributed by atoms with Gasteiger partial charge in [0.25, 0.3) is 0 Å². The van der Waals surface area contributed by atoms with Crippen molar-refractivity contribution in [2.24, 2.45) is 0 Å². The van der Waals surface area contributed by atoms with Crippen LogP contribution in [0.2, 0.25) is 0 Å². The van der Waals surface area contributed by atoms with E-state index in [1.54, 1.807) is 12.4 Å². The standard InChI is InChI=1S/C42H29N3O/c1-2-10-26(11-3-1)27-18-21-29(22-19-27)45-35-23-20-28-12-4-5-13-30(28)37(35)38-39(45)32-15-7-6-14-31(32)36-33-16-8-17-34(40(33)46-41(36)38)42-43-24-9-25-44-42/h1-4,7-12,15-25H,5-6,13-14H2. The van der Waals surface area contributed by atoms with E-state index < -0.39 is 0 Å². The molecule has 4 heteroatoms. The highest BCUT2D eigenvalue weighted by atomic mass is 16.3. The number of allylic oxidation sites excluding steroid dienone is 2. The van der Waals surface area contributed by atoms with E-state index in [1.807, 2.05) is 6.07 Å². The van der Waals surface area contributed by atoms with Gasteiger partial charge in [0.05, 0.1) is 22.0 Å². The molecule has 0 bridgehead atoms. The van der Waals surface area contributed by atoms with E-state index >= 15 is 0 Å². The lowest BCUT2D eigenvalue weighted by Gasteiger charge is -2.17. The van der Waals surface area contributed by atoms with Crippen molar-refractivity contribution in [3.05, 3.63) is 138 Å². The quantitative estimate of drug-likeness (QED) is 0.205. The largest absolute Gasteiger partial charge is 0.455 e. The van der Waals surface area contributed by atoms with Crippen molar-refractivity contribution in [2.75, 3.05) is 0 Å². The lowest BCUT2D eigenvalue weighted by molar-refractivity contribution is 0.673. The van der Waals surface area contributed by atoms with Crippen LogP contribution in [0.25, 0.3) is 84.1 Å². The molecule has 218 valence electrons. The molecule has 0 spiro atoms.